The van der Waals surface area contributed by atoms with E-state index in [1.165, 1.54) is 25.0 Å². The third-order valence-corrected chi connectivity index (χ3v) is 5.28. The molecule has 0 unspecified atom stereocenters. The fourth-order valence-electron chi connectivity index (χ4n) is 2.11. The van der Waals surface area contributed by atoms with Crippen LogP contribution in [0.2, 0.25) is 0 Å². The van der Waals surface area contributed by atoms with Gasteiger partial charge in [0.25, 0.3) is 0 Å². The topological polar surface area (TPSA) is 83.5 Å². The Kier molecular flexibility index (Phi) is 4.15. The maximum absolute atomic E-state index is 12.3. The highest BCUT2D eigenvalue weighted by Gasteiger charge is 2.24. The van der Waals surface area contributed by atoms with E-state index in [4.69, 9.17) is 5.11 Å². The van der Waals surface area contributed by atoms with Crippen LogP contribution in [0.5, 0.6) is 0 Å². The summed E-state index contributed by atoms with van der Waals surface area (Å²) in [5.74, 6) is -0.478. The molecule has 20 heavy (non-hydrogen) atoms. The van der Waals surface area contributed by atoms with E-state index >= 15 is 0 Å². The molecule has 0 spiro atoms. The lowest BCUT2D eigenvalue weighted by Gasteiger charge is -2.12. The second-order valence-electron chi connectivity index (χ2n) is 5.35. The first-order valence-electron chi connectivity index (χ1n) is 6.65. The predicted molar refractivity (Wildman–Crippen MR) is 75.4 cm³/mol. The van der Waals surface area contributed by atoms with Crippen LogP contribution in [0.4, 0.5) is 0 Å². The third kappa shape index (κ3) is 3.37. The van der Waals surface area contributed by atoms with Crippen molar-refractivity contribution in [3.05, 3.63) is 28.8 Å². The molecule has 0 radical (unpaired) electrons. The lowest BCUT2D eigenvalue weighted by Crippen LogP contribution is -2.26. The fourth-order valence-corrected chi connectivity index (χ4v) is 3.50. The number of aromatic carboxylic acids is 1. The van der Waals surface area contributed by atoms with Crippen LogP contribution in [0.25, 0.3) is 0 Å². The van der Waals surface area contributed by atoms with Gasteiger partial charge in [0.1, 0.15) is 0 Å². The molecule has 110 valence electrons. The van der Waals surface area contributed by atoms with E-state index in [-0.39, 0.29) is 10.5 Å². The maximum atomic E-state index is 12.3. The number of rotatable bonds is 6. The molecule has 0 amide bonds. The van der Waals surface area contributed by atoms with Crippen LogP contribution in [0.3, 0.4) is 0 Å². The van der Waals surface area contributed by atoms with Crippen LogP contribution in [-0.2, 0) is 10.0 Å². The van der Waals surface area contributed by atoms with E-state index in [0.29, 0.717) is 23.6 Å². The molecule has 0 aromatic heterocycles. The van der Waals surface area contributed by atoms with Crippen molar-refractivity contribution in [2.24, 2.45) is 5.92 Å². The minimum atomic E-state index is -3.65. The number of nitrogens with one attached hydrogen (secondary N) is 1. The molecule has 1 aliphatic rings. The van der Waals surface area contributed by atoms with Crippen molar-refractivity contribution in [3.63, 3.8) is 0 Å². The Labute approximate surface area is 119 Å². The Hall–Kier alpha value is -1.40. The number of hydrogen-bond acceptors (Lipinski definition) is 3. The van der Waals surface area contributed by atoms with Crippen LogP contribution in [-0.4, -0.2) is 26.0 Å². The van der Waals surface area contributed by atoms with Crippen LogP contribution in [0, 0.1) is 19.8 Å². The summed E-state index contributed by atoms with van der Waals surface area (Å²) < 4.78 is 27.1. The summed E-state index contributed by atoms with van der Waals surface area (Å²) in [4.78, 5) is 11.1. The zero-order valence-electron chi connectivity index (χ0n) is 11.6. The first kappa shape index (κ1) is 15.0. The Bertz CT molecular complexity index is 633. The molecule has 2 N–H and O–H groups in total. The van der Waals surface area contributed by atoms with Crippen LogP contribution < -0.4 is 4.72 Å². The minimum Gasteiger partial charge on any atom is -0.478 e. The molecule has 0 bridgehead atoms. The summed E-state index contributed by atoms with van der Waals surface area (Å²) in [6.45, 7) is 3.81. The summed E-state index contributed by atoms with van der Waals surface area (Å²) >= 11 is 0. The van der Waals surface area contributed by atoms with Crippen molar-refractivity contribution in [2.45, 2.75) is 38.0 Å². The number of aryl methyl sites for hydroxylation is 1. The molecule has 2 rings (SSSR count). The van der Waals surface area contributed by atoms with Gasteiger partial charge in [-0.25, -0.2) is 17.9 Å². The molecule has 6 heteroatoms. The molecule has 1 fully saturated rings. The number of sulfonamides is 1. The summed E-state index contributed by atoms with van der Waals surface area (Å²) in [5, 5.41) is 9.03. The second kappa shape index (κ2) is 5.54. The monoisotopic (exact) mass is 297 g/mol. The molecule has 1 aliphatic carbocycles. The van der Waals surface area contributed by atoms with Gasteiger partial charge in [-0.2, -0.15) is 0 Å². The highest BCUT2D eigenvalue weighted by atomic mass is 32.2. The van der Waals surface area contributed by atoms with Gasteiger partial charge in [0.05, 0.1) is 10.5 Å². The van der Waals surface area contributed by atoms with E-state index in [1.54, 1.807) is 13.8 Å². The summed E-state index contributed by atoms with van der Waals surface area (Å²) in [5.41, 5.74) is 1.25. The number of carbonyl (C=O) groups is 1. The predicted octanol–water partition coefficient (Wildman–Crippen LogP) is 2.08. The molecular formula is C14H19NO4S. The lowest BCUT2D eigenvalue weighted by molar-refractivity contribution is 0.0696. The molecule has 0 heterocycles. The van der Waals surface area contributed by atoms with Crippen molar-refractivity contribution in [1.82, 2.24) is 4.72 Å². The lowest BCUT2D eigenvalue weighted by atomic mass is 10.1. The first-order valence-corrected chi connectivity index (χ1v) is 8.14. The highest BCUT2D eigenvalue weighted by Crippen LogP contribution is 2.32. The molecule has 1 aromatic rings. The van der Waals surface area contributed by atoms with Crippen molar-refractivity contribution in [3.8, 4) is 0 Å². The zero-order chi connectivity index (χ0) is 14.9. The van der Waals surface area contributed by atoms with Gasteiger partial charge in [-0.3, -0.25) is 0 Å². The summed E-state index contributed by atoms with van der Waals surface area (Å²) in [7, 11) is -3.65. The van der Waals surface area contributed by atoms with Gasteiger partial charge in [-0.05, 0) is 49.4 Å². The van der Waals surface area contributed by atoms with Crippen molar-refractivity contribution >= 4 is 16.0 Å². The molecule has 0 saturated heterocycles. The molecule has 0 aliphatic heterocycles. The Morgan fingerprint density at radius 1 is 1.35 bits per heavy atom. The molecule has 1 saturated carbocycles. The normalized spacial score (nSPS) is 15.3. The molecule has 0 atom stereocenters. The van der Waals surface area contributed by atoms with Crippen molar-refractivity contribution in [1.29, 1.82) is 0 Å². The Morgan fingerprint density at radius 2 is 2.00 bits per heavy atom. The average molecular weight is 297 g/mol. The number of benzene rings is 1. The minimum absolute atomic E-state index is 0.00401. The maximum Gasteiger partial charge on any atom is 0.335 e. The van der Waals surface area contributed by atoms with Crippen LogP contribution >= 0.6 is 0 Å². The average Bonchev–Trinajstić information content (AvgIpc) is 3.15. The first-order chi connectivity index (χ1) is 9.31. The number of hydrogen-bond donors (Lipinski definition) is 2. The van der Waals surface area contributed by atoms with E-state index < -0.39 is 16.0 Å². The SMILES string of the molecule is Cc1cc(C(=O)O)cc(S(=O)(=O)NCCC2CC2)c1C. The number of carboxylic acids is 1. The van der Waals surface area contributed by atoms with Gasteiger partial charge < -0.3 is 5.11 Å². The van der Waals surface area contributed by atoms with Crippen molar-refractivity contribution in [2.75, 3.05) is 6.54 Å². The van der Waals surface area contributed by atoms with Gasteiger partial charge in [0.2, 0.25) is 10.0 Å². The van der Waals surface area contributed by atoms with E-state index in [1.807, 2.05) is 0 Å². The van der Waals surface area contributed by atoms with Gasteiger partial charge in [-0.1, -0.05) is 12.8 Å². The van der Waals surface area contributed by atoms with Gasteiger partial charge >= 0.3 is 5.97 Å². The van der Waals surface area contributed by atoms with Crippen LogP contribution in [0.1, 0.15) is 40.7 Å². The van der Waals surface area contributed by atoms with Crippen LogP contribution in [0.15, 0.2) is 17.0 Å². The molecule has 5 nitrogen and oxygen atoms in total. The smallest absolute Gasteiger partial charge is 0.335 e. The largest absolute Gasteiger partial charge is 0.478 e. The zero-order valence-corrected chi connectivity index (χ0v) is 12.5. The second-order valence-corrected chi connectivity index (χ2v) is 7.09. The number of carboxylic acid groups (broad SMARTS) is 1. The quantitative estimate of drug-likeness (QED) is 0.842. The van der Waals surface area contributed by atoms with E-state index in [9.17, 15) is 13.2 Å². The van der Waals surface area contributed by atoms with Crippen molar-refractivity contribution < 1.29 is 18.3 Å². The summed E-state index contributed by atoms with van der Waals surface area (Å²) in [6.07, 6.45) is 3.19. The molecule has 1 aromatic carbocycles. The van der Waals surface area contributed by atoms with E-state index in [2.05, 4.69) is 4.72 Å². The van der Waals surface area contributed by atoms with E-state index in [0.717, 1.165) is 6.42 Å². The third-order valence-electron chi connectivity index (χ3n) is 3.70. The van der Waals surface area contributed by atoms with Gasteiger partial charge in [-0.15, -0.1) is 0 Å². The van der Waals surface area contributed by atoms with Gasteiger partial charge in [0, 0.05) is 6.54 Å². The fraction of sp³-hybridized carbons (Fsp3) is 0.500. The Balaban J connectivity index is 2.26. The standard InChI is InChI=1S/C14H19NO4S/c1-9-7-12(14(16)17)8-13(10(9)2)20(18,19)15-6-5-11-3-4-11/h7-8,11,15H,3-6H2,1-2H3,(H,16,17). The molecular weight excluding hydrogens is 278 g/mol. The summed E-state index contributed by atoms with van der Waals surface area (Å²) in [6, 6.07) is 2.71. The highest BCUT2D eigenvalue weighted by molar-refractivity contribution is 7.89. The Morgan fingerprint density at radius 3 is 2.55 bits per heavy atom. The van der Waals surface area contributed by atoms with Gasteiger partial charge in [0.15, 0.2) is 0 Å².